The molecule has 0 atom stereocenters. The van der Waals surface area contributed by atoms with E-state index in [1.807, 2.05) is 0 Å². The van der Waals surface area contributed by atoms with Crippen molar-refractivity contribution in [1.29, 1.82) is 0 Å². The first-order chi connectivity index (χ1) is 13.8. The molecule has 10 heteroatoms. The number of imide groups is 1. The number of amides is 2. The minimum atomic E-state index is -0.527. The van der Waals surface area contributed by atoms with Crippen molar-refractivity contribution in [2.45, 2.75) is 6.54 Å². The molecule has 1 fully saturated rings. The van der Waals surface area contributed by atoms with E-state index in [4.69, 9.17) is 0 Å². The first kappa shape index (κ1) is 20.0. The van der Waals surface area contributed by atoms with Gasteiger partial charge in [-0.15, -0.1) is 0 Å². The van der Waals surface area contributed by atoms with E-state index in [1.54, 1.807) is 24.3 Å². The molecule has 2 aromatic carbocycles. The third kappa shape index (κ3) is 4.74. The monoisotopic (exact) mass is 411 g/mol. The zero-order valence-electron chi connectivity index (χ0n) is 14.8. The van der Waals surface area contributed by atoms with Crippen LogP contribution in [0.15, 0.2) is 65.6 Å². The number of hydrogen-bond acceptors (Lipinski definition) is 7. The van der Waals surface area contributed by atoms with E-state index in [-0.39, 0.29) is 22.8 Å². The number of thioether (sulfide) groups is 1. The zero-order valence-corrected chi connectivity index (χ0v) is 15.6. The van der Waals surface area contributed by atoms with Crippen molar-refractivity contribution in [2.24, 2.45) is 0 Å². The molecule has 0 aromatic heterocycles. The molecule has 9 nitrogen and oxygen atoms in total. The number of carbonyl (C=O) groups excluding carboxylic acids is 2. The fourth-order valence-corrected chi connectivity index (χ4v) is 3.33. The van der Waals surface area contributed by atoms with Gasteiger partial charge in [0.15, 0.2) is 0 Å². The number of rotatable bonds is 6. The van der Waals surface area contributed by atoms with Gasteiger partial charge in [-0.3, -0.25) is 34.7 Å². The van der Waals surface area contributed by atoms with Gasteiger partial charge in [0.25, 0.3) is 22.5 Å². The van der Waals surface area contributed by atoms with Crippen molar-refractivity contribution >= 4 is 40.4 Å². The molecule has 0 bridgehead atoms. The maximum absolute atomic E-state index is 12.5. The van der Waals surface area contributed by atoms with Crippen LogP contribution in [0.1, 0.15) is 11.1 Å². The average molecular weight is 411 g/mol. The molecule has 0 radical (unpaired) electrons. The molecule has 0 saturated carbocycles. The van der Waals surface area contributed by atoms with Crippen LogP contribution in [0, 0.1) is 20.2 Å². The molecule has 1 aliphatic heterocycles. The van der Waals surface area contributed by atoms with Crippen LogP contribution >= 0.6 is 11.8 Å². The predicted octanol–water partition coefficient (Wildman–Crippen LogP) is 4.30. The highest BCUT2D eigenvalue weighted by atomic mass is 32.2. The number of nitro groups is 2. The number of allylic oxidation sites excluding steroid dienone is 2. The third-order valence-corrected chi connectivity index (χ3v) is 4.90. The lowest BCUT2D eigenvalue weighted by Crippen LogP contribution is -2.27. The Kier molecular flexibility index (Phi) is 5.84. The first-order valence-electron chi connectivity index (χ1n) is 8.25. The predicted molar refractivity (Wildman–Crippen MR) is 107 cm³/mol. The van der Waals surface area contributed by atoms with Crippen LogP contribution < -0.4 is 0 Å². The van der Waals surface area contributed by atoms with Crippen LogP contribution in [-0.4, -0.2) is 25.9 Å². The summed E-state index contributed by atoms with van der Waals surface area (Å²) >= 11 is 0.783. The molecule has 2 amide bonds. The van der Waals surface area contributed by atoms with Crippen molar-refractivity contribution in [2.75, 3.05) is 0 Å². The molecule has 0 N–H and O–H groups in total. The summed E-state index contributed by atoms with van der Waals surface area (Å²) < 4.78 is 0. The largest absolute Gasteiger partial charge is 0.293 e. The standard InChI is InChI=1S/C19H13N3O6S/c23-18-17(6-2-4-13-3-1-5-16(11-13)22(27)28)29-19(24)20(18)12-14-7-9-15(10-8-14)21(25)26/h1-11H,12H2/b4-2+,17-6-. The maximum atomic E-state index is 12.5. The highest BCUT2D eigenvalue weighted by Crippen LogP contribution is 2.32. The summed E-state index contributed by atoms with van der Waals surface area (Å²) in [6, 6.07) is 11.6. The Balaban J connectivity index is 1.70. The van der Waals surface area contributed by atoms with E-state index < -0.39 is 21.0 Å². The SMILES string of the molecule is O=C1S/C(=C\C=C\c2cccc([N+](=O)[O-])c2)C(=O)N1Cc1ccc([N+](=O)[O-])cc1. The summed E-state index contributed by atoms with van der Waals surface area (Å²) in [5, 5.41) is 21.1. The van der Waals surface area contributed by atoms with Crippen molar-refractivity contribution < 1.29 is 19.4 Å². The Morgan fingerprint density at radius 1 is 0.966 bits per heavy atom. The lowest BCUT2D eigenvalue weighted by atomic mass is 10.2. The van der Waals surface area contributed by atoms with Crippen LogP contribution in [0.4, 0.5) is 16.2 Å². The van der Waals surface area contributed by atoms with Gasteiger partial charge in [-0.05, 0) is 29.0 Å². The van der Waals surface area contributed by atoms with Gasteiger partial charge in [0, 0.05) is 24.3 Å². The van der Waals surface area contributed by atoms with Gasteiger partial charge < -0.3 is 0 Å². The van der Waals surface area contributed by atoms with Crippen LogP contribution in [0.25, 0.3) is 6.08 Å². The number of hydrogen-bond donors (Lipinski definition) is 0. The smallest absolute Gasteiger partial charge is 0.268 e. The minimum absolute atomic E-state index is 0.00853. The molecule has 1 heterocycles. The van der Waals surface area contributed by atoms with Gasteiger partial charge in [-0.2, -0.15) is 0 Å². The van der Waals surface area contributed by atoms with Gasteiger partial charge in [0.05, 0.1) is 21.3 Å². The number of benzene rings is 2. The number of nitrogens with zero attached hydrogens (tertiary/aromatic N) is 3. The number of non-ortho nitro benzene ring substituents is 2. The van der Waals surface area contributed by atoms with E-state index in [0.717, 1.165) is 16.7 Å². The summed E-state index contributed by atoms with van der Waals surface area (Å²) in [4.78, 5) is 46.4. The average Bonchev–Trinajstić information content (AvgIpc) is 2.96. The fourth-order valence-electron chi connectivity index (χ4n) is 2.54. The Morgan fingerprint density at radius 2 is 1.66 bits per heavy atom. The molecule has 1 aliphatic rings. The summed E-state index contributed by atoms with van der Waals surface area (Å²) in [6.45, 7) is 0.00853. The molecule has 146 valence electrons. The van der Waals surface area contributed by atoms with E-state index in [2.05, 4.69) is 0 Å². The Labute approximate surface area is 168 Å². The van der Waals surface area contributed by atoms with Gasteiger partial charge in [0.1, 0.15) is 0 Å². The van der Waals surface area contributed by atoms with Crippen LogP contribution in [0.5, 0.6) is 0 Å². The van der Waals surface area contributed by atoms with Crippen LogP contribution in [-0.2, 0) is 11.3 Å². The molecular formula is C19H13N3O6S. The van der Waals surface area contributed by atoms with E-state index >= 15 is 0 Å². The maximum Gasteiger partial charge on any atom is 0.293 e. The lowest BCUT2D eigenvalue weighted by Gasteiger charge is -2.12. The molecule has 0 unspecified atom stereocenters. The topological polar surface area (TPSA) is 124 Å². The fraction of sp³-hybridized carbons (Fsp3) is 0.0526. The highest BCUT2D eigenvalue weighted by Gasteiger charge is 2.34. The summed E-state index contributed by atoms with van der Waals surface area (Å²) in [6.07, 6.45) is 4.61. The number of carbonyl (C=O) groups is 2. The van der Waals surface area contributed by atoms with Gasteiger partial charge in [0.2, 0.25) is 0 Å². The minimum Gasteiger partial charge on any atom is -0.268 e. The number of nitro benzene ring substituents is 2. The molecule has 2 aromatic rings. The Bertz CT molecular complexity index is 1060. The van der Waals surface area contributed by atoms with Crippen molar-refractivity contribution in [3.05, 3.63) is 96.9 Å². The summed E-state index contributed by atoms with van der Waals surface area (Å²) in [5.74, 6) is -0.470. The quantitative estimate of drug-likeness (QED) is 0.394. The van der Waals surface area contributed by atoms with E-state index in [0.29, 0.717) is 11.1 Å². The summed E-state index contributed by atoms with van der Waals surface area (Å²) in [7, 11) is 0. The lowest BCUT2D eigenvalue weighted by molar-refractivity contribution is -0.385. The molecule has 0 spiro atoms. The molecular weight excluding hydrogens is 398 g/mol. The van der Waals surface area contributed by atoms with E-state index in [9.17, 15) is 29.8 Å². The molecule has 3 rings (SSSR count). The van der Waals surface area contributed by atoms with E-state index in [1.165, 1.54) is 42.5 Å². The molecule has 0 aliphatic carbocycles. The second-order valence-corrected chi connectivity index (χ2v) is 6.92. The normalized spacial score (nSPS) is 15.4. The Hall–Kier alpha value is -3.79. The first-order valence-corrected chi connectivity index (χ1v) is 9.06. The van der Waals surface area contributed by atoms with Crippen molar-refractivity contribution in [1.82, 2.24) is 4.90 Å². The Morgan fingerprint density at radius 3 is 2.31 bits per heavy atom. The van der Waals surface area contributed by atoms with Gasteiger partial charge >= 0.3 is 0 Å². The summed E-state index contributed by atoms with van der Waals surface area (Å²) in [5.41, 5.74) is 1.05. The third-order valence-electron chi connectivity index (χ3n) is 3.98. The van der Waals surface area contributed by atoms with Crippen molar-refractivity contribution in [3.8, 4) is 0 Å². The van der Waals surface area contributed by atoms with Gasteiger partial charge in [-0.25, -0.2) is 0 Å². The van der Waals surface area contributed by atoms with Gasteiger partial charge in [-0.1, -0.05) is 36.4 Å². The second-order valence-electron chi connectivity index (χ2n) is 5.92. The second kappa shape index (κ2) is 8.48. The highest BCUT2D eigenvalue weighted by molar-refractivity contribution is 8.18. The zero-order chi connectivity index (χ0) is 21.0. The van der Waals surface area contributed by atoms with Crippen molar-refractivity contribution in [3.63, 3.8) is 0 Å². The van der Waals surface area contributed by atoms with Crippen LogP contribution in [0.3, 0.4) is 0 Å². The molecule has 29 heavy (non-hydrogen) atoms. The van der Waals surface area contributed by atoms with Crippen LogP contribution in [0.2, 0.25) is 0 Å². The molecule has 1 saturated heterocycles.